The standard InChI is InChI=1S/C18H18N8O/c1-3-13(22-18-19-5-6-20-18)4-2-12(1)15-23-16-14(11-21-25-16)17(24-15)26-7-9-27-10-8-26/h1-6,11H,7-10H2,(H2,19,20,22)(H,21,23,24,25). The molecule has 1 aliphatic heterocycles. The summed E-state index contributed by atoms with van der Waals surface area (Å²) in [6.45, 7) is 3.02. The largest absolute Gasteiger partial charge is 0.378 e. The van der Waals surface area contributed by atoms with Gasteiger partial charge in [0.05, 0.1) is 24.8 Å². The zero-order valence-electron chi connectivity index (χ0n) is 14.5. The van der Waals surface area contributed by atoms with Gasteiger partial charge in [-0.05, 0) is 24.3 Å². The number of aromatic amines is 2. The third kappa shape index (κ3) is 3.08. The minimum absolute atomic E-state index is 0.665. The second kappa shape index (κ2) is 6.69. The van der Waals surface area contributed by atoms with Gasteiger partial charge in [0.2, 0.25) is 5.95 Å². The van der Waals surface area contributed by atoms with E-state index >= 15 is 0 Å². The SMILES string of the molecule is c1c[nH]c(Nc2ccc(-c3nc(N4CCOCC4)c4cn[nH]c4n3)cc2)n1. The Kier molecular flexibility index (Phi) is 3.91. The zero-order valence-corrected chi connectivity index (χ0v) is 14.5. The summed E-state index contributed by atoms with van der Waals surface area (Å²) in [6.07, 6.45) is 5.26. The van der Waals surface area contributed by atoms with E-state index in [4.69, 9.17) is 9.72 Å². The number of nitrogens with zero attached hydrogens (tertiary/aromatic N) is 5. The first kappa shape index (κ1) is 15.8. The molecule has 3 aromatic heterocycles. The molecule has 0 bridgehead atoms. The molecule has 136 valence electrons. The molecule has 5 rings (SSSR count). The van der Waals surface area contributed by atoms with Gasteiger partial charge in [-0.1, -0.05) is 0 Å². The number of nitrogens with one attached hydrogen (secondary N) is 3. The van der Waals surface area contributed by atoms with Crippen LogP contribution in [0.4, 0.5) is 17.5 Å². The summed E-state index contributed by atoms with van der Waals surface area (Å²) in [7, 11) is 0. The third-order valence-electron chi connectivity index (χ3n) is 4.50. The average molecular weight is 362 g/mol. The van der Waals surface area contributed by atoms with E-state index in [1.165, 1.54) is 0 Å². The number of hydrogen-bond donors (Lipinski definition) is 3. The van der Waals surface area contributed by atoms with Crippen LogP contribution in [0.2, 0.25) is 0 Å². The molecular weight excluding hydrogens is 344 g/mol. The molecule has 3 N–H and O–H groups in total. The summed E-state index contributed by atoms with van der Waals surface area (Å²) in [6, 6.07) is 7.94. The molecule has 0 atom stereocenters. The number of fused-ring (bicyclic) bond motifs is 1. The van der Waals surface area contributed by atoms with Crippen LogP contribution in [-0.4, -0.2) is 56.4 Å². The van der Waals surface area contributed by atoms with Crippen LogP contribution in [0.25, 0.3) is 22.4 Å². The summed E-state index contributed by atoms with van der Waals surface area (Å²) in [5.41, 5.74) is 2.61. The van der Waals surface area contributed by atoms with Crippen LogP contribution in [0, 0.1) is 0 Å². The van der Waals surface area contributed by atoms with Crippen LogP contribution in [0.15, 0.2) is 42.9 Å². The van der Waals surface area contributed by atoms with Crippen LogP contribution in [-0.2, 0) is 4.74 Å². The van der Waals surface area contributed by atoms with Gasteiger partial charge < -0.3 is 19.9 Å². The van der Waals surface area contributed by atoms with Crippen molar-refractivity contribution in [3.63, 3.8) is 0 Å². The minimum Gasteiger partial charge on any atom is -0.378 e. The van der Waals surface area contributed by atoms with Gasteiger partial charge in [0, 0.05) is 36.7 Å². The Labute approximate surface area is 154 Å². The van der Waals surface area contributed by atoms with Crippen LogP contribution in [0.1, 0.15) is 0 Å². The molecule has 1 aliphatic rings. The first-order valence-corrected chi connectivity index (χ1v) is 8.77. The van der Waals surface area contributed by atoms with Crippen molar-refractivity contribution in [1.82, 2.24) is 30.1 Å². The molecule has 0 unspecified atom stereocenters. The van der Waals surface area contributed by atoms with Gasteiger partial charge in [-0.3, -0.25) is 5.10 Å². The molecule has 4 heterocycles. The maximum atomic E-state index is 5.46. The number of aromatic nitrogens is 6. The number of rotatable bonds is 4. The van der Waals surface area contributed by atoms with E-state index in [1.54, 1.807) is 18.6 Å². The molecule has 9 nitrogen and oxygen atoms in total. The quantitative estimate of drug-likeness (QED) is 0.511. The zero-order chi connectivity index (χ0) is 18.1. The highest BCUT2D eigenvalue weighted by molar-refractivity contribution is 5.88. The molecule has 4 aromatic rings. The van der Waals surface area contributed by atoms with Gasteiger partial charge in [0.1, 0.15) is 5.82 Å². The van der Waals surface area contributed by atoms with Crippen LogP contribution in [0.3, 0.4) is 0 Å². The first-order valence-electron chi connectivity index (χ1n) is 8.77. The van der Waals surface area contributed by atoms with Crippen LogP contribution in [0.5, 0.6) is 0 Å². The molecule has 1 fully saturated rings. The first-order chi connectivity index (χ1) is 13.4. The molecule has 1 saturated heterocycles. The van der Waals surface area contributed by atoms with E-state index in [1.807, 2.05) is 24.3 Å². The van der Waals surface area contributed by atoms with Crippen molar-refractivity contribution in [2.45, 2.75) is 0 Å². The van der Waals surface area contributed by atoms with E-state index in [-0.39, 0.29) is 0 Å². The topological polar surface area (TPSA) is 108 Å². The third-order valence-corrected chi connectivity index (χ3v) is 4.50. The van der Waals surface area contributed by atoms with E-state index in [9.17, 15) is 0 Å². The van der Waals surface area contributed by atoms with Crippen molar-refractivity contribution < 1.29 is 4.74 Å². The highest BCUT2D eigenvalue weighted by atomic mass is 16.5. The highest BCUT2D eigenvalue weighted by Gasteiger charge is 2.19. The fourth-order valence-electron chi connectivity index (χ4n) is 3.14. The monoisotopic (exact) mass is 362 g/mol. The Morgan fingerprint density at radius 1 is 1.07 bits per heavy atom. The van der Waals surface area contributed by atoms with Crippen molar-refractivity contribution in [1.29, 1.82) is 0 Å². The van der Waals surface area contributed by atoms with Crippen molar-refractivity contribution in [3.8, 4) is 11.4 Å². The Balaban J connectivity index is 1.49. The van der Waals surface area contributed by atoms with Crippen LogP contribution >= 0.6 is 0 Å². The number of anilines is 3. The van der Waals surface area contributed by atoms with E-state index in [0.29, 0.717) is 25.0 Å². The predicted octanol–water partition coefficient (Wildman–Crippen LogP) is 2.32. The van der Waals surface area contributed by atoms with E-state index in [2.05, 4.69) is 35.4 Å². The maximum absolute atomic E-state index is 5.46. The number of ether oxygens (including phenoxy) is 1. The Bertz CT molecular complexity index is 1040. The lowest BCUT2D eigenvalue weighted by atomic mass is 10.2. The maximum Gasteiger partial charge on any atom is 0.204 e. The predicted molar refractivity (Wildman–Crippen MR) is 102 cm³/mol. The van der Waals surface area contributed by atoms with Gasteiger partial charge in [0.15, 0.2) is 11.5 Å². The summed E-state index contributed by atoms with van der Waals surface area (Å²) < 4.78 is 5.46. The smallest absolute Gasteiger partial charge is 0.204 e. The number of hydrogen-bond acceptors (Lipinski definition) is 7. The fraction of sp³-hybridized carbons (Fsp3) is 0.222. The second-order valence-corrected chi connectivity index (χ2v) is 6.24. The summed E-state index contributed by atoms with van der Waals surface area (Å²) in [5.74, 6) is 2.26. The lowest BCUT2D eigenvalue weighted by Crippen LogP contribution is -2.37. The number of morpholine rings is 1. The van der Waals surface area contributed by atoms with Crippen LogP contribution < -0.4 is 10.2 Å². The summed E-state index contributed by atoms with van der Waals surface area (Å²) in [4.78, 5) is 18.9. The van der Waals surface area contributed by atoms with E-state index in [0.717, 1.165) is 41.2 Å². The summed E-state index contributed by atoms with van der Waals surface area (Å²) >= 11 is 0. The second-order valence-electron chi connectivity index (χ2n) is 6.24. The van der Waals surface area contributed by atoms with Crippen molar-refractivity contribution in [2.24, 2.45) is 0 Å². The van der Waals surface area contributed by atoms with Crippen molar-refractivity contribution >= 4 is 28.5 Å². The molecule has 27 heavy (non-hydrogen) atoms. The van der Waals surface area contributed by atoms with Gasteiger partial charge >= 0.3 is 0 Å². The fourth-order valence-corrected chi connectivity index (χ4v) is 3.14. The molecule has 0 amide bonds. The Morgan fingerprint density at radius 2 is 1.93 bits per heavy atom. The lowest BCUT2D eigenvalue weighted by molar-refractivity contribution is 0.122. The number of H-pyrrole nitrogens is 2. The van der Waals surface area contributed by atoms with Gasteiger partial charge in [-0.15, -0.1) is 0 Å². The summed E-state index contributed by atoms with van der Waals surface area (Å²) in [5, 5.41) is 11.2. The lowest BCUT2D eigenvalue weighted by Gasteiger charge is -2.28. The molecule has 1 aromatic carbocycles. The number of benzene rings is 1. The van der Waals surface area contributed by atoms with Gasteiger partial charge in [-0.2, -0.15) is 5.10 Å². The molecule has 0 spiro atoms. The van der Waals surface area contributed by atoms with Crippen molar-refractivity contribution in [3.05, 3.63) is 42.9 Å². The molecule has 9 heteroatoms. The van der Waals surface area contributed by atoms with E-state index < -0.39 is 0 Å². The van der Waals surface area contributed by atoms with Gasteiger partial charge in [0.25, 0.3) is 0 Å². The molecule has 0 radical (unpaired) electrons. The normalized spacial score (nSPS) is 14.6. The number of imidazole rings is 1. The molecule has 0 saturated carbocycles. The Morgan fingerprint density at radius 3 is 2.70 bits per heavy atom. The Hall–Kier alpha value is -3.46. The minimum atomic E-state index is 0.665. The van der Waals surface area contributed by atoms with Crippen molar-refractivity contribution in [2.75, 3.05) is 36.5 Å². The average Bonchev–Trinajstić information content (AvgIpc) is 3.40. The highest BCUT2D eigenvalue weighted by Crippen LogP contribution is 2.27. The molecular formula is C18H18N8O. The van der Waals surface area contributed by atoms with Gasteiger partial charge in [-0.25, -0.2) is 15.0 Å². The molecule has 0 aliphatic carbocycles.